The van der Waals surface area contributed by atoms with Crippen LogP contribution in [0.4, 0.5) is 5.82 Å². The second kappa shape index (κ2) is 4.49. The van der Waals surface area contributed by atoms with Crippen LogP contribution in [0.3, 0.4) is 0 Å². The summed E-state index contributed by atoms with van der Waals surface area (Å²) in [7, 11) is 0. The molecule has 1 saturated carbocycles. The van der Waals surface area contributed by atoms with Crippen LogP contribution in [0.2, 0.25) is 0 Å². The summed E-state index contributed by atoms with van der Waals surface area (Å²) in [5, 5.41) is 3.40. The molecule has 4 heteroatoms. The van der Waals surface area contributed by atoms with Crippen LogP contribution in [-0.2, 0) is 0 Å². The molecule has 82 valence electrons. The average Bonchev–Trinajstić information content (AvgIpc) is 3.00. The Morgan fingerprint density at radius 3 is 2.93 bits per heavy atom. The lowest BCUT2D eigenvalue weighted by atomic mass is 10.2. The molecule has 0 bridgehead atoms. The summed E-state index contributed by atoms with van der Waals surface area (Å²) in [5.74, 6) is 1.65. The molecule has 2 rings (SSSR count). The number of nitrogens with two attached hydrogens (primary N) is 1. The van der Waals surface area contributed by atoms with Crippen LogP contribution in [0.25, 0.3) is 0 Å². The zero-order valence-corrected chi connectivity index (χ0v) is 10.4. The Balaban J connectivity index is 2.08. The summed E-state index contributed by atoms with van der Waals surface area (Å²) in [6.45, 7) is 2.70. The maximum absolute atomic E-state index is 5.74. The first-order valence-electron chi connectivity index (χ1n) is 5.29. The van der Waals surface area contributed by atoms with Crippen LogP contribution < -0.4 is 11.1 Å². The minimum absolute atomic E-state index is 0.372. The zero-order chi connectivity index (χ0) is 10.8. The van der Waals surface area contributed by atoms with Crippen LogP contribution in [0.1, 0.15) is 18.4 Å². The summed E-state index contributed by atoms with van der Waals surface area (Å²) in [4.78, 5) is 4.36. The Morgan fingerprint density at radius 2 is 2.40 bits per heavy atom. The molecule has 0 radical (unpaired) electrons. The van der Waals surface area contributed by atoms with Crippen molar-refractivity contribution in [2.24, 2.45) is 11.7 Å². The molecule has 0 aliphatic heterocycles. The van der Waals surface area contributed by atoms with Crippen molar-refractivity contribution in [3.63, 3.8) is 0 Å². The molecule has 0 spiro atoms. The number of hydrogen-bond donors (Lipinski definition) is 2. The molecular formula is C11H16BrN3. The maximum atomic E-state index is 5.74. The van der Waals surface area contributed by atoms with Gasteiger partial charge >= 0.3 is 0 Å². The van der Waals surface area contributed by atoms with E-state index in [1.807, 2.05) is 13.1 Å². The van der Waals surface area contributed by atoms with Gasteiger partial charge in [-0.25, -0.2) is 4.98 Å². The monoisotopic (exact) mass is 269 g/mol. The topological polar surface area (TPSA) is 50.9 Å². The number of rotatable bonds is 4. The van der Waals surface area contributed by atoms with Crippen LogP contribution in [-0.4, -0.2) is 17.6 Å². The highest BCUT2D eigenvalue weighted by atomic mass is 79.9. The largest absolute Gasteiger partial charge is 0.365 e. The molecule has 0 aromatic carbocycles. The highest BCUT2D eigenvalue weighted by Crippen LogP contribution is 2.34. The Morgan fingerprint density at radius 1 is 1.67 bits per heavy atom. The summed E-state index contributed by atoms with van der Waals surface area (Å²) in [5.41, 5.74) is 6.89. The quantitative estimate of drug-likeness (QED) is 0.882. The lowest BCUT2D eigenvalue weighted by Gasteiger charge is -2.17. The normalized spacial score (nSPS) is 17.5. The van der Waals surface area contributed by atoms with Crippen molar-refractivity contribution in [2.45, 2.75) is 25.8 Å². The number of anilines is 1. The van der Waals surface area contributed by atoms with Gasteiger partial charge in [0.05, 0.1) is 4.47 Å². The lowest BCUT2D eigenvalue weighted by molar-refractivity contribution is 0.642. The smallest absolute Gasteiger partial charge is 0.140 e. The fourth-order valence-corrected chi connectivity index (χ4v) is 2.26. The van der Waals surface area contributed by atoms with Crippen LogP contribution >= 0.6 is 15.9 Å². The highest BCUT2D eigenvalue weighted by Gasteiger charge is 2.30. The van der Waals surface area contributed by atoms with Crippen LogP contribution in [0.5, 0.6) is 0 Å². The number of nitrogens with zero attached hydrogens (tertiary/aromatic N) is 1. The van der Waals surface area contributed by atoms with Crippen molar-refractivity contribution < 1.29 is 0 Å². The van der Waals surface area contributed by atoms with E-state index in [0.717, 1.165) is 21.8 Å². The predicted octanol–water partition coefficient (Wildman–Crippen LogP) is 2.30. The lowest BCUT2D eigenvalue weighted by Crippen LogP contribution is -2.31. The highest BCUT2D eigenvalue weighted by molar-refractivity contribution is 9.10. The number of hydrogen-bond acceptors (Lipinski definition) is 3. The minimum atomic E-state index is 0.372. The van der Waals surface area contributed by atoms with E-state index in [1.54, 1.807) is 0 Å². The van der Waals surface area contributed by atoms with Crippen molar-refractivity contribution in [3.05, 3.63) is 22.3 Å². The molecule has 1 atom stereocenters. The van der Waals surface area contributed by atoms with Gasteiger partial charge < -0.3 is 11.1 Å². The van der Waals surface area contributed by atoms with Crippen molar-refractivity contribution in [1.82, 2.24) is 4.98 Å². The van der Waals surface area contributed by atoms with Crippen molar-refractivity contribution >= 4 is 21.7 Å². The second-order valence-electron chi connectivity index (χ2n) is 4.17. The van der Waals surface area contributed by atoms with E-state index in [-0.39, 0.29) is 0 Å². The molecule has 1 unspecified atom stereocenters. The SMILES string of the molecule is Cc1cnc(NC(CN)C2CC2)c(Br)c1. The van der Waals surface area contributed by atoms with Gasteiger partial charge in [0, 0.05) is 18.8 Å². The van der Waals surface area contributed by atoms with Gasteiger partial charge in [-0.05, 0) is 53.2 Å². The van der Waals surface area contributed by atoms with Gasteiger partial charge in [0.2, 0.25) is 0 Å². The van der Waals surface area contributed by atoms with E-state index in [2.05, 4.69) is 32.3 Å². The van der Waals surface area contributed by atoms with Gasteiger partial charge in [0.15, 0.2) is 0 Å². The standard InChI is InChI=1S/C11H16BrN3/c1-7-4-9(12)11(14-6-7)15-10(5-13)8-2-3-8/h4,6,8,10H,2-3,5,13H2,1H3,(H,14,15). The third kappa shape index (κ3) is 2.69. The molecule has 3 nitrogen and oxygen atoms in total. The van der Waals surface area contributed by atoms with Gasteiger partial charge in [0.25, 0.3) is 0 Å². The van der Waals surface area contributed by atoms with Crippen molar-refractivity contribution in [1.29, 1.82) is 0 Å². The van der Waals surface area contributed by atoms with Gasteiger partial charge in [-0.1, -0.05) is 0 Å². The van der Waals surface area contributed by atoms with Crippen molar-refractivity contribution in [3.8, 4) is 0 Å². The predicted molar refractivity (Wildman–Crippen MR) is 65.9 cm³/mol. The fraction of sp³-hybridized carbons (Fsp3) is 0.545. The summed E-state index contributed by atoms with van der Waals surface area (Å²) in [6.07, 6.45) is 4.45. The molecule has 1 aliphatic rings. The Kier molecular flexibility index (Phi) is 3.26. The first-order valence-corrected chi connectivity index (χ1v) is 6.08. The van der Waals surface area contributed by atoms with Crippen LogP contribution in [0.15, 0.2) is 16.7 Å². The zero-order valence-electron chi connectivity index (χ0n) is 8.83. The second-order valence-corrected chi connectivity index (χ2v) is 5.02. The number of nitrogens with one attached hydrogen (secondary N) is 1. The van der Waals surface area contributed by atoms with Gasteiger partial charge in [-0.15, -0.1) is 0 Å². The molecule has 15 heavy (non-hydrogen) atoms. The molecule has 0 saturated heterocycles. The Bertz CT molecular complexity index is 350. The van der Waals surface area contributed by atoms with Crippen molar-refractivity contribution in [2.75, 3.05) is 11.9 Å². The first kappa shape index (κ1) is 10.9. The van der Waals surface area contributed by atoms with E-state index in [9.17, 15) is 0 Å². The number of aromatic nitrogens is 1. The molecular weight excluding hydrogens is 254 g/mol. The molecule has 1 fully saturated rings. The Labute approximate surface area is 98.6 Å². The van der Waals surface area contributed by atoms with E-state index in [4.69, 9.17) is 5.73 Å². The molecule has 3 N–H and O–H groups in total. The third-order valence-corrected chi connectivity index (χ3v) is 3.35. The van der Waals surface area contributed by atoms with Gasteiger partial charge in [-0.3, -0.25) is 0 Å². The number of aryl methyl sites for hydroxylation is 1. The average molecular weight is 270 g/mol. The van der Waals surface area contributed by atoms with E-state index in [0.29, 0.717) is 12.6 Å². The van der Waals surface area contributed by atoms with Crippen LogP contribution in [0, 0.1) is 12.8 Å². The Hall–Kier alpha value is -0.610. The van der Waals surface area contributed by atoms with E-state index < -0.39 is 0 Å². The minimum Gasteiger partial charge on any atom is -0.365 e. The molecule has 0 amide bonds. The maximum Gasteiger partial charge on any atom is 0.140 e. The molecule has 1 aromatic heterocycles. The summed E-state index contributed by atoms with van der Waals surface area (Å²) in [6, 6.07) is 2.44. The number of halogens is 1. The third-order valence-electron chi connectivity index (χ3n) is 2.74. The molecule has 1 aliphatic carbocycles. The van der Waals surface area contributed by atoms with Gasteiger partial charge in [-0.2, -0.15) is 0 Å². The van der Waals surface area contributed by atoms with E-state index in [1.165, 1.54) is 12.8 Å². The van der Waals surface area contributed by atoms with E-state index >= 15 is 0 Å². The molecule has 1 aromatic rings. The number of pyridine rings is 1. The molecule has 1 heterocycles. The first-order chi connectivity index (χ1) is 7.20. The van der Waals surface area contributed by atoms with Gasteiger partial charge in [0.1, 0.15) is 5.82 Å². The summed E-state index contributed by atoms with van der Waals surface area (Å²) >= 11 is 3.51. The fourth-order valence-electron chi connectivity index (χ4n) is 1.68. The summed E-state index contributed by atoms with van der Waals surface area (Å²) < 4.78 is 1.02.